The van der Waals surface area contributed by atoms with Crippen LogP contribution < -0.4 is 11.1 Å². The van der Waals surface area contributed by atoms with Crippen molar-refractivity contribution in [2.24, 2.45) is 11.7 Å². The lowest BCUT2D eigenvalue weighted by Gasteiger charge is -2.40. The van der Waals surface area contributed by atoms with Crippen LogP contribution in [0.1, 0.15) is 23.8 Å². The normalized spacial score (nSPS) is 29.1. The Morgan fingerprint density at radius 1 is 1.58 bits per heavy atom. The van der Waals surface area contributed by atoms with Crippen LogP contribution >= 0.6 is 27.3 Å². The Kier molecular flexibility index (Phi) is 3.93. The van der Waals surface area contributed by atoms with Crippen molar-refractivity contribution >= 4 is 33.2 Å². The Morgan fingerprint density at radius 2 is 2.42 bits per heavy atom. The molecule has 3 heterocycles. The summed E-state index contributed by atoms with van der Waals surface area (Å²) >= 11 is 5.25. The molecule has 4 nitrogen and oxygen atoms in total. The van der Waals surface area contributed by atoms with E-state index in [9.17, 15) is 4.79 Å². The summed E-state index contributed by atoms with van der Waals surface area (Å²) < 4.78 is 1.13. The number of nitrogens with two attached hydrogens (primary N) is 1. The zero-order chi connectivity index (χ0) is 13.4. The van der Waals surface area contributed by atoms with E-state index >= 15 is 0 Å². The van der Waals surface area contributed by atoms with Gasteiger partial charge in [0.1, 0.15) is 0 Å². The second-order valence-electron chi connectivity index (χ2n) is 5.19. The lowest BCUT2D eigenvalue weighted by atomic mass is 9.90. The molecule has 19 heavy (non-hydrogen) atoms. The first kappa shape index (κ1) is 13.5. The van der Waals surface area contributed by atoms with Crippen molar-refractivity contribution in [3.63, 3.8) is 0 Å². The van der Waals surface area contributed by atoms with Crippen molar-refractivity contribution < 1.29 is 4.79 Å². The van der Waals surface area contributed by atoms with Crippen molar-refractivity contribution in [2.75, 3.05) is 19.6 Å². The van der Waals surface area contributed by atoms with Crippen molar-refractivity contribution in [1.29, 1.82) is 0 Å². The first-order valence-electron chi connectivity index (χ1n) is 6.69. The first-order chi connectivity index (χ1) is 9.20. The van der Waals surface area contributed by atoms with Gasteiger partial charge in [0.25, 0.3) is 0 Å². The van der Waals surface area contributed by atoms with Crippen LogP contribution in [0.3, 0.4) is 0 Å². The Labute approximate surface area is 125 Å². The monoisotopic (exact) mass is 343 g/mol. The molecule has 2 aliphatic rings. The number of hydrogen-bond donors (Lipinski definition) is 2. The van der Waals surface area contributed by atoms with Crippen LogP contribution in [-0.4, -0.2) is 36.5 Å². The summed E-state index contributed by atoms with van der Waals surface area (Å²) in [5.74, 6) is 0.379. The third-order valence-corrected chi connectivity index (χ3v) is 5.91. The highest BCUT2D eigenvalue weighted by Gasteiger charge is 2.43. The van der Waals surface area contributed by atoms with Gasteiger partial charge in [-0.3, -0.25) is 9.69 Å². The number of halogens is 1. The second-order valence-corrected chi connectivity index (χ2v) is 7.69. The lowest BCUT2D eigenvalue weighted by Crippen LogP contribution is -2.48. The number of nitrogens with one attached hydrogen (secondary N) is 1. The maximum absolute atomic E-state index is 11.8. The standard InChI is InChI=1S/C13H18BrN3OS/c14-12-4-3-11(19-12)9(6-15)17-5-1-2-8-10(17)7-16-13(8)18/h3-4,8-10H,1-2,5-7,15H2,(H,16,18). The van der Waals surface area contributed by atoms with Gasteiger partial charge in [-0.1, -0.05) is 0 Å². The van der Waals surface area contributed by atoms with Crippen LogP contribution in [0.2, 0.25) is 0 Å². The maximum atomic E-state index is 11.8. The molecule has 1 amide bonds. The Hall–Kier alpha value is -0.430. The summed E-state index contributed by atoms with van der Waals surface area (Å²) in [5.41, 5.74) is 6.01. The number of nitrogens with zero attached hydrogens (tertiary/aromatic N) is 1. The van der Waals surface area contributed by atoms with E-state index in [1.165, 1.54) is 4.88 Å². The Bertz CT molecular complexity index is 478. The molecule has 1 aromatic heterocycles. The van der Waals surface area contributed by atoms with E-state index < -0.39 is 0 Å². The van der Waals surface area contributed by atoms with Gasteiger partial charge in [0.15, 0.2) is 0 Å². The molecule has 1 aromatic rings. The molecule has 0 radical (unpaired) electrons. The number of hydrogen-bond acceptors (Lipinski definition) is 4. The number of piperidine rings is 1. The molecular formula is C13H18BrN3OS. The van der Waals surface area contributed by atoms with Gasteiger partial charge in [0.05, 0.1) is 15.7 Å². The van der Waals surface area contributed by atoms with E-state index in [0.29, 0.717) is 12.6 Å². The minimum Gasteiger partial charge on any atom is -0.354 e. The average molecular weight is 344 g/mol. The first-order valence-corrected chi connectivity index (χ1v) is 8.30. The molecule has 0 aromatic carbocycles. The van der Waals surface area contributed by atoms with Crippen LogP contribution in [0, 0.1) is 5.92 Å². The largest absolute Gasteiger partial charge is 0.354 e. The molecule has 6 heteroatoms. The SMILES string of the molecule is NCC(c1ccc(Br)s1)N1CCCC2C(=O)NCC21. The van der Waals surface area contributed by atoms with Crippen molar-refractivity contribution in [3.8, 4) is 0 Å². The van der Waals surface area contributed by atoms with Crippen molar-refractivity contribution in [3.05, 3.63) is 20.8 Å². The third-order valence-electron chi connectivity index (χ3n) is 4.19. The fourth-order valence-corrected chi connectivity index (χ4v) is 4.85. The lowest BCUT2D eigenvalue weighted by molar-refractivity contribution is -0.124. The van der Waals surface area contributed by atoms with Gasteiger partial charge in [-0.05, 0) is 47.4 Å². The van der Waals surface area contributed by atoms with Crippen LogP contribution in [0.4, 0.5) is 0 Å². The summed E-state index contributed by atoms with van der Waals surface area (Å²) in [5, 5.41) is 3.00. The zero-order valence-electron chi connectivity index (χ0n) is 10.6. The van der Waals surface area contributed by atoms with Gasteiger partial charge in [0.2, 0.25) is 5.91 Å². The van der Waals surface area contributed by atoms with Crippen molar-refractivity contribution in [1.82, 2.24) is 10.2 Å². The molecule has 2 aliphatic heterocycles. The number of carbonyl (C=O) groups excluding carboxylic acids is 1. The van der Waals surface area contributed by atoms with Gasteiger partial charge >= 0.3 is 0 Å². The van der Waals surface area contributed by atoms with Crippen LogP contribution in [-0.2, 0) is 4.79 Å². The topological polar surface area (TPSA) is 58.4 Å². The molecule has 3 rings (SSSR count). The highest BCUT2D eigenvalue weighted by atomic mass is 79.9. The molecule has 2 saturated heterocycles. The molecule has 0 aliphatic carbocycles. The number of fused-ring (bicyclic) bond motifs is 1. The van der Waals surface area contributed by atoms with E-state index in [1.54, 1.807) is 11.3 Å². The van der Waals surface area contributed by atoms with Gasteiger partial charge in [-0.2, -0.15) is 0 Å². The minimum atomic E-state index is 0.159. The zero-order valence-corrected chi connectivity index (χ0v) is 13.0. The van der Waals surface area contributed by atoms with Crippen molar-refractivity contribution in [2.45, 2.75) is 24.9 Å². The summed E-state index contributed by atoms with van der Waals surface area (Å²) in [6, 6.07) is 4.76. The van der Waals surface area contributed by atoms with Crippen LogP contribution in [0.15, 0.2) is 15.9 Å². The molecule has 0 spiro atoms. The molecule has 2 fully saturated rings. The fourth-order valence-electron chi connectivity index (χ4n) is 3.29. The van der Waals surface area contributed by atoms with Gasteiger partial charge in [0, 0.05) is 24.0 Å². The molecular weight excluding hydrogens is 326 g/mol. The van der Waals surface area contributed by atoms with Gasteiger partial charge < -0.3 is 11.1 Å². The molecule has 3 N–H and O–H groups in total. The summed E-state index contributed by atoms with van der Waals surface area (Å²) in [6.45, 7) is 2.41. The van der Waals surface area contributed by atoms with E-state index in [2.05, 4.69) is 38.3 Å². The number of likely N-dealkylation sites (tertiary alicyclic amines) is 1. The molecule has 3 unspecified atom stereocenters. The van der Waals surface area contributed by atoms with E-state index in [-0.39, 0.29) is 17.9 Å². The van der Waals surface area contributed by atoms with Gasteiger partial charge in [-0.25, -0.2) is 0 Å². The number of carbonyl (C=O) groups is 1. The predicted molar refractivity (Wildman–Crippen MR) is 80.0 cm³/mol. The summed E-state index contributed by atoms with van der Waals surface area (Å²) in [4.78, 5) is 15.6. The number of rotatable bonds is 3. The molecule has 104 valence electrons. The van der Waals surface area contributed by atoms with Crippen LogP contribution in [0.25, 0.3) is 0 Å². The fraction of sp³-hybridized carbons (Fsp3) is 0.615. The van der Waals surface area contributed by atoms with E-state index in [1.807, 2.05) is 0 Å². The van der Waals surface area contributed by atoms with E-state index in [4.69, 9.17) is 5.73 Å². The predicted octanol–water partition coefficient (Wildman–Crippen LogP) is 1.72. The highest BCUT2D eigenvalue weighted by molar-refractivity contribution is 9.11. The smallest absolute Gasteiger partial charge is 0.224 e. The van der Waals surface area contributed by atoms with E-state index in [0.717, 1.165) is 29.7 Å². The second kappa shape index (κ2) is 5.52. The average Bonchev–Trinajstić information content (AvgIpc) is 2.99. The van der Waals surface area contributed by atoms with Crippen LogP contribution in [0.5, 0.6) is 0 Å². The van der Waals surface area contributed by atoms with Gasteiger partial charge in [-0.15, -0.1) is 11.3 Å². The Balaban J connectivity index is 1.84. The third kappa shape index (κ3) is 2.46. The molecule has 3 atom stereocenters. The maximum Gasteiger partial charge on any atom is 0.224 e. The molecule has 0 saturated carbocycles. The quantitative estimate of drug-likeness (QED) is 0.878. The Morgan fingerprint density at radius 3 is 3.11 bits per heavy atom. The number of amides is 1. The summed E-state index contributed by atoms with van der Waals surface area (Å²) in [6.07, 6.45) is 2.09. The summed E-state index contributed by atoms with van der Waals surface area (Å²) in [7, 11) is 0. The number of thiophene rings is 1. The molecule has 0 bridgehead atoms. The minimum absolute atomic E-state index is 0.159. The highest BCUT2D eigenvalue weighted by Crippen LogP contribution is 2.36.